The Hall–Kier alpha value is -1.15. The fraction of sp³-hybridized carbons (Fsp3) is 0.417. The number of halogens is 1. The van der Waals surface area contributed by atoms with Crippen LogP contribution in [0.3, 0.4) is 0 Å². The molecule has 0 spiro atoms. The largest absolute Gasteiger partial charge is 0.478 e. The van der Waals surface area contributed by atoms with Crippen LogP contribution in [0.4, 0.5) is 0 Å². The Kier molecular flexibility index (Phi) is 5.94. The molecule has 0 radical (unpaired) electrons. The van der Waals surface area contributed by atoms with Gasteiger partial charge in [0.05, 0.1) is 15.5 Å². The Morgan fingerprint density at radius 3 is 2.70 bits per heavy atom. The lowest BCUT2D eigenvalue weighted by molar-refractivity contribution is 0.0697. The zero-order valence-electron chi connectivity index (χ0n) is 11.1. The number of benzene rings is 1. The lowest BCUT2D eigenvalue weighted by Gasteiger charge is -2.12. The average molecular weight is 322 g/mol. The molecule has 1 unspecified atom stereocenters. The molecule has 8 heteroatoms. The summed E-state index contributed by atoms with van der Waals surface area (Å²) in [5, 5.41) is 8.92. The van der Waals surface area contributed by atoms with Gasteiger partial charge in [0.15, 0.2) is 0 Å². The highest BCUT2D eigenvalue weighted by atomic mass is 35.5. The van der Waals surface area contributed by atoms with Crippen LogP contribution in [0.2, 0.25) is 5.02 Å². The minimum absolute atomic E-state index is 0.000944. The van der Waals surface area contributed by atoms with Crippen molar-refractivity contribution in [3.05, 3.63) is 28.8 Å². The Morgan fingerprint density at radius 2 is 2.15 bits per heavy atom. The van der Waals surface area contributed by atoms with Crippen LogP contribution in [0.5, 0.6) is 0 Å². The molecule has 0 heterocycles. The Balaban J connectivity index is 2.93. The van der Waals surface area contributed by atoms with E-state index in [0.717, 1.165) is 6.07 Å². The number of sulfonamides is 1. The third-order valence-corrected chi connectivity index (χ3v) is 4.30. The van der Waals surface area contributed by atoms with E-state index in [9.17, 15) is 13.2 Å². The molecule has 0 amide bonds. The van der Waals surface area contributed by atoms with Gasteiger partial charge in [-0.15, -0.1) is 0 Å². The highest BCUT2D eigenvalue weighted by Crippen LogP contribution is 2.20. The van der Waals surface area contributed by atoms with Crippen molar-refractivity contribution in [2.75, 3.05) is 20.3 Å². The van der Waals surface area contributed by atoms with Gasteiger partial charge in [-0.05, 0) is 24.1 Å². The molecule has 0 saturated carbocycles. The Labute approximate surface area is 122 Å². The van der Waals surface area contributed by atoms with Crippen molar-refractivity contribution < 1.29 is 23.1 Å². The summed E-state index contributed by atoms with van der Waals surface area (Å²) in [6, 6.07) is 3.55. The van der Waals surface area contributed by atoms with Crippen molar-refractivity contribution in [1.82, 2.24) is 4.72 Å². The van der Waals surface area contributed by atoms with E-state index < -0.39 is 16.0 Å². The molecule has 1 aromatic carbocycles. The molecule has 0 aliphatic carbocycles. The first kappa shape index (κ1) is 16.9. The summed E-state index contributed by atoms with van der Waals surface area (Å²) in [7, 11) is -2.24. The third-order valence-electron chi connectivity index (χ3n) is 2.55. The summed E-state index contributed by atoms with van der Waals surface area (Å²) >= 11 is 5.70. The van der Waals surface area contributed by atoms with Gasteiger partial charge >= 0.3 is 5.97 Å². The molecular weight excluding hydrogens is 306 g/mol. The van der Waals surface area contributed by atoms with E-state index in [2.05, 4.69) is 4.72 Å². The first-order valence-electron chi connectivity index (χ1n) is 5.79. The fourth-order valence-corrected chi connectivity index (χ4v) is 2.90. The third kappa shape index (κ3) is 4.45. The number of rotatable bonds is 7. The van der Waals surface area contributed by atoms with Crippen LogP contribution in [-0.4, -0.2) is 39.8 Å². The summed E-state index contributed by atoms with van der Waals surface area (Å²) < 4.78 is 31.4. The van der Waals surface area contributed by atoms with Crippen molar-refractivity contribution >= 4 is 27.6 Å². The molecule has 0 fully saturated rings. The van der Waals surface area contributed by atoms with Crippen LogP contribution in [0.25, 0.3) is 0 Å². The highest BCUT2D eigenvalue weighted by molar-refractivity contribution is 7.89. The van der Waals surface area contributed by atoms with Gasteiger partial charge in [0.1, 0.15) is 0 Å². The number of carboxylic acids is 1. The number of carbonyl (C=O) groups is 1. The highest BCUT2D eigenvalue weighted by Gasteiger charge is 2.18. The molecule has 6 nitrogen and oxygen atoms in total. The summed E-state index contributed by atoms with van der Waals surface area (Å²) in [6.45, 7) is 2.45. The number of aromatic carboxylic acids is 1. The number of ether oxygens (including phenoxy) is 1. The lowest BCUT2D eigenvalue weighted by Crippen LogP contribution is -2.30. The quantitative estimate of drug-likeness (QED) is 0.795. The van der Waals surface area contributed by atoms with Crippen LogP contribution in [0.1, 0.15) is 17.3 Å². The first-order valence-corrected chi connectivity index (χ1v) is 7.65. The zero-order valence-corrected chi connectivity index (χ0v) is 12.7. The molecule has 0 aliphatic rings. The zero-order chi connectivity index (χ0) is 15.3. The number of hydrogen-bond donors (Lipinski definition) is 2. The molecular formula is C12H16ClNO5S. The van der Waals surface area contributed by atoms with E-state index in [4.69, 9.17) is 21.4 Å². The minimum Gasteiger partial charge on any atom is -0.478 e. The second-order valence-electron chi connectivity index (χ2n) is 4.36. The SMILES string of the molecule is COCC(C)CNS(=O)(=O)c1ccc(Cl)c(C(=O)O)c1. The minimum atomic E-state index is -3.77. The van der Waals surface area contributed by atoms with Crippen molar-refractivity contribution in [1.29, 1.82) is 0 Å². The van der Waals surface area contributed by atoms with Crippen molar-refractivity contribution in [2.45, 2.75) is 11.8 Å². The lowest BCUT2D eigenvalue weighted by atomic mass is 10.2. The molecule has 1 aromatic rings. The monoisotopic (exact) mass is 321 g/mol. The van der Waals surface area contributed by atoms with Gasteiger partial charge < -0.3 is 9.84 Å². The normalized spacial score (nSPS) is 13.2. The van der Waals surface area contributed by atoms with E-state index in [1.165, 1.54) is 19.2 Å². The van der Waals surface area contributed by atoms with E-state index >= 15 is 0 Å². The van der Waals surface area contributed by atoms with Crippen LogP contribution in [0.15, 0.2) is 23.1 Å². The van der Waals surface area contributed by atoms with Gasteiger partial charge in [0.25, 0.3) is 0 Å². The second kappa shape index (κ2) is 7.03. The molecule has 20 heavy (non-hydrogen) atoms. The van der Waals surface area contributed by atoms with Crippen LogP contribution >= 0.6 is 11.6 Å². The predicted molar refractivity (Wildman–Crippen MR) is 74.6 cm³/mol. The van der Waals surface area contributed by atoms with E-state index in [1.807, 2.05) is 6.92 Å². The number of methoxy groups -OCH3 is 1. The van der Waals surface area contributed by atoms with Gasteiger partial charge in [0, 0.05) is 20.3 Å². The van der Waals surface area contributed by atoms with Crippen molar-refractivity contribution in [3.63, 3.8) is 0 Å². The molecule has 0 bridgehead atoms. The van der Waals surface area contributed by atoms with E-state index in [0.29, 0.717) is 6.61 Å². The van der Waals surface area contributed by atoms with Gasteiger partial charge in [-0.2, -0.15) is 0 Å². The maximum atomic E-state index is 12.0. The molecule has 1 atom stereocenters. The van der Waals surface area contributed by atoms with Gasteiger partial charge in [-0.25, -0.2) is 17.9 Å². The molecule has 2 N–H and O–H groups in total. The van der Waals surface area contributed by atoms with Crippen molar-refractivity contribution in [3.8, 4) is 0 Å². The second-order valence-corrected chi connectivity index (χ2v) is 6.53. The topological polar surface area (TPSA) is 92.7 Å². The molecule has 0 aliphatic heterocycles. The summed E-state index contributed by atoms with van der Waals surface area (Å²) in [5.74, 6) is -1.28. The van der Waals surface area contributed by atoms with Crippen LogP contribution < -0.4 is 4.72 Å². The van der Waals surface area contributed by atoms with Gasteiger partial charge in [-0.1, -0.05) is 18.5 Å². The molecule has 1 rings (SSSR count). The van der Waals surface area contributed by atoms with Gasteiger partial charge in [0.2, 0.25) is 10.0 Å². The van der Waals surface area contributed by atoms with Gasteiger partial charge in [-0.3, -0.25) is 0 Å². The first-order chi connectivity index (χ1) is 9.27. The Morgan fingerprint density at radius 1 is 1.50 bits per heavy atom. The molecule has 112 valence electrons. The van der Waals surface area contributed by atoms with Crippen molar-refractivity contribution in [2.24, 2.45) is 5.92 Å². The maximum absolute atomic E-state index is 12.0. The smallest absolute Gasteiger partial charge is 0.337 e. The molecule has 0 aromatic heterocycles. The standard InChI is InChI=1S/C12H16ClNO5S/c1-8(7-19-2)6-14-20(17,18)9-3-4-11(13)10(5-9)12(15)16/h3-5,8,14H,6-7H2,1-2H3,(H,15,16). The number of carboxylic acid groups (broad SMARTS) is 1. The number of hydrogen-bond acceptors (Lipinski definition) is 4. The average Bonchev–Trinajstić information content (AvgIpc) is 2.37. The van der Waals surface area contributed by atoms with E-state index in [1.54, 1.807) is 0 Å². The Bertz CT molecular complexity index is 588. The van der Waals surface area contributed by atoms with Crippen LogP contribution in [0, 0.1) is 5.92 Å². The fourth-order valence-electron chi connectivity index (χ4n) is 1.51. The molecule has 0 saturated heterocycles. The summed E-state index contributed by atoms with van der Waals surface area (Å²) in [6.07, 6.45) is 0. The predicted octanol–water partition coefficient (Wildman–Crippen LogP) is 1.60. The van der Waals surface area contributed by atoms with Crippen LogP contribution in [-0.2, 0) is 14.8 Å². The summed E-state index contributed by atoms with van der Waals surface area (Å²) in [4.78, 5) is 10.8. The maximum Gasteiger partial charge on any atom is 0.337 e. The number of nitrogens with one attached hydrogen (secondary N) is 1. The van der Waals surface area contributed by atoms with E-state index in [-0.39, 0.29) is 27.9 Å². The summed E-state index contributed by atoms with van der Waals surface area (Å²) in [5.41, 5.74) is -0.250.